The minimum absolute atomic E-state index is 0.0825. The predicted molar refractivity (Wildman–Crippen MR) is 66.2 cm³/mol. The van der Waals surface area contributed by atoms with Gasteiger partial charge in [0.05, 0.1) is 11.9 Å². The van der Waals surface area contributed by atoms with Crippen molar-refractivity contribution in [3.05, 3.63) is 41.1 Å². The van der Waals surface area contributed by atoms with Crippen molar-refractivity contribution < 1.29 is 8.78 Å². The Bertz CT molecular complexity index is 577. The van der Waals surface area contributed by atoms with E-state index in [9.17, 15) is 8.78 Å². The maximum Gasteiger partial charge on any atom is 0.224 e. The zero-order chi connectivity index (χ0) is 13.1. The Kier molecular flexibility index (Phi) is 3.57. The van der Waals surface area contributed by atoms with E-state index < -0.39 is 11.6 Å². The largest absolute Gasteiger partial charge is 0.357 e. The molecule has 0 aliphatic rings. The summed E-state index contributed by atoms with van der Waals surface area (Å²) < 4.78 is 27.0. The van der Waals surface area contributed by atoms with E-state index in [-0.39, 0.29) is 22.5 Å². The molecule has 0 aliphatic heterocycles. The molecule has 0 fully saturated rings. The Morgan fingerprint density at radius 2 is 2.00 bits per heavy atom. The third kappa shape index (κ3) is 2.65. The number of nitrogens with one attached hydrogen (secondary N) is 2. The van der Waals surface area contributed by atoms with E-state index in [0.717, 1.165) is 12.3 Å². The molecular weight excluding hydrogens is 262 g/mol. The van der Waals surface area contributed by atoms with Gasteiger partial charge in [0.15, 0.2) is 11.6 Å². The van der Waals surface area contributed by atoms with Crippen molar-refractivity contribution in [2.45, 2.75) is 0 Å². The van der Waals surface area contributed by atoms with Crippen LogP contribution in [0.15, 0.2) is 24.4 Å². The monoisotopic (exact) mass is 270 g/mol. The molecule has 0 atom stereocenters. The van der Waals surface area contributed by atoms with Gasteiger partial charge in [-0.05, 0) is 18.2 Å². The van der Waals surface area contributed by atoms with E-state index in [0.29, 0.717) is 0 Å². The van der Waals surface area contributed by atoms with Gasteiger partial charge in [0.1, 0.15) is 5.82 Å². The van der Waals surface area contributed by atoms with Gasteiger partial charge in [0.25, 0.3) is 0 Å². The highest BCUT2D eigenvalue weighted by Gasteiger charge is 2.09. The lowest BCUT2D eigenvalue weighted by Gasteiger charge is -2.08. The average Bonchev–Trinajstić information content (AvgIpc) is 2.35. The number of nitrogens with zero attached hydrogens (tertiary/aromatic N) is 2. The van der Waals surface area contributed by atoms with Gasteiger partial charge >= 0.3 is 0 Å². The van der Waals surface area contributed by atoms with E-state index >= 15 is 0 Å². The Labute approximate surface area is 107 Å². The molecule has 1 aromatic carbocycles. The smallest absolute Gasteiger partial charge is 0.224 e. The second-order valence-corrected chi connectivity index (χ2v) is 3.83. The minimum Gasteiger partial charge on any atom is -0.357 e. The summed E-state index contributed by atoms with van der Waals surface area (Å²) in [7, 11) is 1.60. The Hall–Kier alpha value is -1.95. The molecule has 0 bridgehead atoms. The first kappa shape index (κ1) is 12.5. The molecule has 0 unspecified atom stereocenters. The summed E-state index contributed by atoms with van der Waals surface area (Å²) in [6, 6.07) is 4.02. The highest BCUT2D eigenvalue weighted by atomic mass is 35.5. The number of anilines is 3. The van der Waals surface area contributed by atoms with Crippen LogP contribution in [-0.2, 0) is 0 Å². The van der Waals surface area contributed by atoms with Gasteiger partial charge in [-0.25, -0.2) is 13.8 Å². The van der Waals surface area contributed by atoms with E-state index in [1.54, 1.807) is 7.05 Å². The topological polar surface area (TPSA) is 49.8 Å². The lowest BCUT2D eigenvalue weighted by molar-refractivity contribution is 0.616. The molecule has 0 aliphatic carbocycles. The molecule has 4 nitrogen and oxygen atoms in total. The van der Waals surface area contributed by atoms with Gasteiger partial charge in [-0.1, -0.05) is 11.6 Å². The number of rotatable bonds is 3. The number of hydrogen-bond donors (Lipinski definition) is 2. The predicted octanol–water partition coefficient (Wildman–Crippen LogP) is 3.19. The van der Waals surface area contributed by atoms with Crippen molar-refractivity contribution in [3.63, 3.8) is 0 Å². The molecule has 94 valence electrons. The van der Waals surface area contributed by atoms with Crippen molar-refractivity contribution in [2.75, 3.05) is 17.7 Å². The Morgan fingerprint density at radius 1 is 1.22 bits per heavy atom. The second-order valence-electron chi connectivity index (χ2n) is 3.39. The fourth-order valence-corrected chi connectivity index (χ4v) is 1.45. The van der Waals surface area contributed by atoms with Crippen LogP contribution in [-0.4, -0.2) is 17.0 Å². The summed E-state index contributed by atoms with van der Waals surface area (Å²) in [6.07, 6.45) is 0.995. The van der Waals surface area contributed by atoms with Gasteiger partial charge < -0.3 is 10.6 Å². The standard InChI is InChI=1S/C11H9ClF2N4/c1-15-11-16-5-8(14)10(18-11)17-9-3-2-6(12)4-7(9)13/h2-5H,1H3,(H2,15,16,17,18). The number of hydrogen-bond acceptors (Lipinski definition) is 4. The summed E-state index contributed by atoms with van der Waals surface area (Å²) in [4.78, 5) is 7.53. The molecule has 0 saturated heterocycles. The van der Waals surface area contributed by atoms with Crippen LogP contribution < -0.4 is 10.6 Å². The first-order chi connectivity index (χ1) is 8.60. The molecule has 2 rings (SSSR count). The van der Waals surface area contributed by atoms with Gasteiger partial charge in [0, 0.05) is 12.1 Å². The van der Waals surface area contributed by atoms with Crippen molar-refractivity contribution in [1.82, 2.24) is 9.97 Å². The molecule has 2 aromatic rings. The van der Waals surface area contributed by atoms with Crippen LogP contribution >= 0.6 is 11.6 Å². The number of aromatic nitrogens is 2. The molecule has 2 N–H and O–H groups in total. The van der Waals surface area contributed by atoms with Gasteiger partial charge in [-0.2, -0.15) is 4.98 Å². The molecule has 0 spiro atoms. The molecular formula is C11H9ClF2N4. The van der Waals surface area contributed by atoms with Crippen molar-refractivity contribution in [3.8, 4) is 0 Å². The second kappa shape index (κ2) is 5.14. The van der Waals surface area contributed by atoms with E-state index in [2.05, 4.69) is 20.6 Å². The number of benzene rings is 1. The molecule has 18 heavy (non-hydrogen) atoms. The van der Waals surface area contributed by atoms with Crippen LogP contribution in [0.25, 0.3) is 0 Å². The fourth-order valence-electron chi connectivity index (χ4n) is 1.29. The SMILES string of the molecule is CNc1ncc(F)c(Nc2ccc(Cl)cc2F)n1. The highest BCUT2D eigenvalue weighted by Crippen LogP contribution is 2.23. The maximum atomic E-state index is 13.5. The number of halogens is 3. The van der Waals surface area contributed by atoms with Crippen LogP contribution in [0.3, 0.4) is 0 Å². The summed E-state index contributed by atoms with van der Waals surface area (Å²) >= 11 is 5.62. The first-order valence-corrected chi connectivity index (χ1v) is 5.40. The van der Waals surface area contributed by atoms with E-state index in [1.807, 2.05) is 0 Å². The van der Waals surface area contributed by atoms with Crippen molar-refractivity contribution in [2.24, 2.45) is 0 Å². The zero-order valence-electron chi connectivity index (χ0n) is 9.34. The molecule has 0 radical (unpaired) electrons. The van der Waals surface area contributed by atoms with Gasteiger partial charge in [-0.15, -0.1) is 0 Å². The third-order valence-corrected chi connectivity index (χ3v) is 2.39. The first-order valence-electron chi connectivity index (χ1n) is 5.02. The molecule has 1 heterocycles. The summed E-state index contributed by atoms with van der Waals surface area (Å²) in [5, 5.41) is 5.46. The lowest BCUT2D eigenvalue weighted by atomic mass is 10.3. The van der Waals surface area contributed by atoms with E-state index in [1.165, 1.54) is 12.1 Å². The lowest BCUT2D eigenvalue weighted by Crippen LogP contribution is -2.03. The van der Waals surface area contributed by atoms with Crippen molar-refractivity contribution in [1.29, 1.82) is 0 Å². The summed E-state index contributed by atoms with van der Waals surface area (Å²) in [5.41, 5.74) is 0.0825. The zero-order valence-corrected chi connectivity index (χ0v) is 10.1. The Morgan fingerprint density at radius 3 is 2.67 bits per heavy atom. The minimum atomic E-state index is -0.677. The summed E-state index contributed by atoms with van der Waals surface area (Å²) in [6.45, 7) is 0. The highest BCUT2D eigenvalue weighted by molar-refractivity contribution is 6.30. The van der Waals surface area contributed by atoms with Crippen LogP contribution in [0.2, 0.25) is 5.02 Å². The normalized spacial score (nSPS) is 10.2. The maximum absolute atomic E-state index is 13.5. The van der Waals surface area contributed by atoms with Gasteiger partial charge in [-0.3, -0.25) is 0 Å². The van der Waals surface area contributed by atoms with Crippen LogP contribution in [0.1, 0.15) is 0 Å². The molecule has 7 heteroatoms. The van der Waals surface area contributed by atoms with Crippen LogP contribution in [0.4, 0.5) is 26.2 Å². The van der Waals surface area contributed by atoms with Crippen LogP contribution in [0.5, 0.6) is 0 Å². The van der Waals surface area contributed by atoms with Crippen LogP contribution in [0, 0.1) is 11.6 Å². The fraction of sp³-hybridized carbons (Fsp3) is 0.0909. The van der Waals surface area contributed by atoms with E-state index in [4.69, 9.17) is 11.6 Å². The quantitative estimate of drug-likeness (QED) is 0.899. The molecule has 0 saturated carbocycles. The Balaban J connectivity index is 2.33. The summed E-state index contributed by atoms with van der Waals surface area (Å²) in [5.74, 6) is -1.15. The molecule has 1 aromatic heterocycles. The average molecular weight is 271 g/mol. The third-order valence-electron chi connectivity index (χ3n) is 2.15. The molecule has 0 amide bonds. The van der Waals surface area contributed by atoms with Gasteiger partial charge in [0.2, 0.25) is 5.95 Å². The van der Waals surface area contributed by atoms with Crippen molar-refractivity contribution >= 4 is 29.1 Å².